The van der Waals surface area contributed by atoms with Crippen molar-refractivity contribution in [3.63, 3.8) is 0 Å². The maximum atomic E-state index is 12.9. The van der Waals surface area contributed by atoms with Gasteiger partial charge in [-0.15, -0.1) is 0 Å². The Kier molecular flexibility index (Phi) is 9.33. The first-order valence-electron chi connectivity index (χ1n) is 12.0. The number of methoxy groups -OCH3 is 2. The minimum Gasteiger partial charge on any atom is -0.497 e. The SMILES string of the molecule is COc1ccc(CC(=O)N2CCC3(CC2)CC(CN2CCC(O)CC2)OC3=O)c(OC)c1.O=CO. The maximum absolute atomic E-state index is 12.9. The monoisotopic (exact) mass is 492 g/mol. The van der Waals surface area contributed by atoms with Gasteiger partial charge in [-0.1, -0.05) is 6.07 Å². The summed E-state index contributed by atoms with van der Waals surface area (Å²) in [5.41, 5.74) is 0.361. The van der Waals surface area contributed by atoms with Crippen molar-refractivity contribution >= 4 is 18.3 Å². The fraction of sp³-hybridized carbons (Fsp3) is 0.640. The molecule has 1 unspecified atom stereocenters. The van der Waals surface area contributed by atoms with Crippen molar-refractivity contribution in [1.29, 1.82) is 0 Å². The van der Waals surface area contributed by atoms with Crippen molar-refractivity contribution in [2.24, 2.45) is 5.41 Å². The molecule has 4 rings (SSSR count). The third kappa shape index (κ3) is 6.64. The molecule has 1 aromatic carbocycles. The van der Waals surface area contributed by atoms with E-state index < -0.39 is 5.41 Å². The Labute approximate surface area is 205 Å². The van der Waals surface area contributed by atoms with Crippen LogP contribution in [0, 0.1) is 5.41 Å². The van der Waals surface area contributed by atoms with Gasteiger partial charge in [0.2, 0.25) is 5.91 Å². The second-order valence-corrected chi connectivity index (χ2v) is 9.38. The molecule has 194 valence electrons. The first-order valence-corrected chi connectivity index (χ1v) is 12.0. The molecule has 35 heavy (non-hydrogen) atoms. The van der Waals surface area contributed by atoms with Crippen molar-refractivity contribution in [3.8, 4) is 11.5 Å². The van der Waals surface area contributed by atoms with Crippen LogP contribution in [0.25, 0.3) is 0 Å². The van der Waals surface area contributed by atoms with E-state index in [0.29, 0.717) is 37.4 Å². The van der Waals surface area contributed by atoms with Crippen molar-refractivity contribution < 1.29 is 38.8 Å². The Balaban J connectivity index is 0.00000108. The highest BCUT2D eigenvalue weighted by Gasteiger charge is 2.51. The van der Waals surface area contributed by atoms with Crippen LogP contribution < -0.4 is 9.47 Å². The number of hydrogen-bond acceptors (Lipinski definition) is 8. The Morgan fingerprint density at radius 1 is 1.17 bits per heavy atom. The van der Waals surface area contributed by atoms with E-state index in [4.69, 9.17) is 24.1 Å². The van der Waals surface area contributed by atoms with Crippen LogP contribution in [-0.4, -0.2) is 97.5 Å². The molecule has 3 fully saturated rings. The van der Waals surface area contributed by atoms with E-state index in [-0.39, 0.29) is 37.0 Å². The summed E-state index contributed by atoms with van der Waals surface area (Å²) in [4.78, 5) is 38.2. The van der Waals surface area contributed by atoms with Crippen molar-refractivity contribution in [2.45, 2.75) is 50.7 Å². The molecule has 0 bridgehead atoms. The molecular formula is C25H36N2O8. The lowest BCUT2D eigenvalue weighted by Crippen LogP contribution is -2.45. The second kappa shape index (κ2) is 12.2. The normalized spacial score (nSPS) is 22.2. The third-order valence-corrected chi connectivity index (χ3v) is 7.25. The predicted octanol–water partition coefficient (Wildman–Crippen LogP) is 1.33. The van der Waals surface area contributed by atoms with Crippen LogP contribution >= 0.6 is 0 Å². The van der Waals surface area contributed by atoms with Gasteiger partial charge in [-0.05, 0) is 31.7 Å². The Morgan fingerprint density at radius 2 is 1.83 bits per heavy atom. The number of carbonyl (C=O) groups is 3. The highest BCUT2D eigenvalue weighted by atomic mass is 16.6. The highest BCUT2D eigenvalue weighted by molar-refractivity contribution is 5.82. The first kappa shape index (κ1) is 26.7. The Bertz CT molecular complexity index is 876. The van der Waals surface area contributed by atoms with Crippen LogP contribution in [0.4, 0.5) is 0 Å². The summed E-state index contributed by atoms with van der Waals surface area (Å²) in [5.74, 6) is 1.26. The smallest absolute Gasteiger partial charge is 0.312 e. The quantitative estimate of drug-likeness (QED) is 0.447. The lowest BCUT2D eigenvalue weighted by Gasteiger charge is -2.37. The van der Waals surface area contributed by atoms with Crippen molar-refractivity contribution in [2.75, 3.05) is 46.9 Å². The van der Waals surface area contributed by atoms with E-state index in [1.807, 2.05) is 17.0 Å². The molecule has 3 heterocycles. The number of amides is 1. The molecule has 3 saturated heterocycles. The number of aliphatic hydroxyl groups is 1. The van der Waals surface area contributed by atoms with Gasteiger partial charge in [0.1, 0.15) is 17.6 Å². The largest absolute Gasteiger partial charge is 0.497 e. The number of aliphatic hydroxyl groups excluding tert-OH is 1. The summed E-state index contributed by atoms with van der Waals surface area (Å²) in [6.45, 7) is 3.31. The van der Waals surface area contributed by atoms with Gasteiger partial charge in [0.05, 0.1) is 32.2 Å². The molecule has 1 amide bonds. The number of cyclic esters (lactones) is 1. The lowest BCUT2D eigenvalue weighted by atomic mass is 9.76. The number of nitrogens with zero attached hydrogens (tertiary/aromatic N) is 2. The zero-order valence-electron chi connectivity index (χ0n) is 20.5. The Morgan fingerprint density at radius 3 is 2.43 bits per heavy atom. The van der Waals surface area contributed by atoms with Gasteiger partial charge in [-0.3, -0.25) is 19.3 Å². The average Bonchev–Trinajstić information content (AvgIpc) is 3.15. The molecule has 0 aliphatic carbocycles. The minimum absolute atomic E-state index is 0.0399. The molecule has 2 N–H and O–H groups in total. The number of benzene rings is 1. The number of esters is 1. The lowest BCUT2D eigenvalue weighted by molar-refractivity contribution is -0.153. The number of ether oxygens (including phenoxy) is 3. The van der Waals surface area contributed by atoms with Gasteiger partial charge in [0, 0.05) is 50.8 Å². The average molecular weight is 493 g/mol. The van der Waals surface area contributed by atoms with Crippen LogP contribution in [0.3, 0.4) is 0 Å². The van der Waals surface area contributed by atoms with Gasteiger partial charge in [-0.2, -0.15) is 0 Å². The molecule has 10 nitrogen and oxygen atoms in total. The standard InChI is InChI=1S/C24H34N2O6.CH2O2/c1-30-19-4-3-17(21(14-19)31-2)13-22(28)26-11-7-24(8-12-26)15-20(32-23(24)29)16-25-9-5-18(27)6-10-25;2-1-3/h3-4,14,18,20,27H,5-13,15-16H2,1-2H3;1H,(H,2,3). The molecule has 1 atom stereocenters. The van der Waals surface area contributed by atoms with E-state index in [9.17, 15) is 14.7 Å². The third-order valence-electron chi connectivity index (χ3n) is 7.25. The van der Waals surface area contributed by atoms with E-state index >= 15 is 0 Å². The van der Waals surface area contributed by atoms with Gasteiger partial charge in [0.25, 0.3) is 6.47 Å². The van der Waals surface area contributed by atoms with Gasteiger partial charge >= 0.3 is 5.97 Å². The van der Waals surface area contributed by atoms with Crippen LogP contribution in [-0.2, 0) is 25.5 Å². The van der Waals surface area contributed by atoms with Gasteiger partial charge in [0.15, 0.2) is 0 Å². The number of piperidine rings is 2. The molecule has 3 aliphatic rings. The molecule has 3 aliphatic heterocycles. The predicted molar refractivity (Wildman–Crippen MR) is 126 cm³/mol. The van der Waals surface area contributed by atoms with Gasteiger partial charge in [-0.25, -0.2) is 0 Å². The summed E-state index contributed by atoms with van der Waals surface area (Å²) in [5, 5.41) is 16.6. The molecule has 1 aromatic rings. The molecule has 0 aromatic heterocycles. The zero-order valence-corrected chi connectivity index (χ0v) is 20.5. The topological polar surface area (TPSA) is 126 Å². The van der Waals surface area contributed by atoms with Crippen LogP contribution in [0.2, 0.25) is 0 Å². The summed E-state index contributed by atoms with van der Waals surface area (Å²) in [6.07, 6.45) is 3.53. The Hall–Kier alpha value is -2.85. The number of carbonyl (C=O) groups excluding carboxylic acids is 2. The van der Waals surface area contributed by atoms with Crippen LogP contribution in [0.5, 0.6) is 11.5 Å². The van der Waals surface area contributed by atoms with Crippen molar-refractivity contribution in [3.05, 3.63) is 23.8 Å². The van der Waals surface area contributed by atoms with E-state index in [1.165, 1.54) is 0 Å². The molecule has 1 spiro atoms. The minimum atomic E-state index is -0.464. The molecule has 0 radical (unpaired) electrons. The number of rotatable bonds is 6. The molecule has 10 heteroatoms. The van der Waals surface area contributed by atoms with Crippen LogP contribution in [0.15, 0.2) is 18.2 Å². The highest BCUT2D eigenvalue weighted by Crippen LogP contribution is 2.43. The van der Waals surface area contributed by atoms with E-state index in [1.54, 1.807) is 20.3 Å². The van der Waals surface area contributed by atoms with E-state index in [0.717, 1.165) is 44.5 Å². The number of carboxylic acid groups (broad SMARTS) is 1. The summed E-state index contributed by atoms with van der Waals surface area (Å²) in [7, 11) is 3.18. The van der Waals surface area contributed by atoms with E-state index in [2.05, 4.69) is 4.90 Å². The van der Waals surface area contributed by atoms with Crippen LogP contribution in [0.1, 0.15) is 37.7 Å². The number of likely N-dealkylation sites (tertiary alicyclic amines) is 2. The molecule has 0 saturated carbocycles. The maximum Gasteiger partial charge on any atom is 0.312 e. The van der Waals surface area contributed by atoms with Gasteiger partial charge < -0.3 is 29.3 Å². The van der Waals surface area contributed by atoms with Crippen molar-refractivity contribution in [1.82, 2.24) is 9.80 Å². The summed E-state index contributed by atoms with van der Waals surface area (Å²) in [6, 6.07) is 5.47. The summed E-state index contributed by atoms with van der Waals surface area (Å²) >= 11 is 0. The molecular weight excluding hydrogens is 456 g/mol. The summed E-state index contributed by atoms with van der Waals surface area (Å²) < 4.78 is 16.4. The fourth-order valence-corrected chi connectivity index (χ4v) is 5.19. The zero-order chi connectivity index (χ0) is 25.4. The fourth-order valence-electron chi connectivity index (χ4n) is 5.19. The number of hydrogen-bond donors (Lipinski definition) is 2. The first-order chi connectivity index (χ1) is 16.8. The second-order valence-electron chi connectivity index (χ2n) is 9.38.